The van der Waals surface area contributed by atoms with Crippen LogP contribution >= 0.6 is 0 Å². The van der Waals surface area contributed by atoms with Crippen LogP contribution in [-0.2, 0) is 29.4 Å². The first kappa shape index (κ1) is 19.6. The first-order valence-electron chi connectivity index (χ1n) is 8.10. The number of hydrogen-bond acceptors (Lipinski definition) is 6. The average molecular weight is 383 g/mol. The van der Waals surface area contributed by atoms with Gasteiger partial charge in [0.2, 0.25) is 15.9 Å². The van der Waals surface area contributed by atoms with Crippen molar-refractivity contribution in [1.29, 1.82) is 0 Å². The van der Waals surface area contributed by atoms with Gasteiger partial charge in [-0.05, 0) is 19.3 Å². The number of amides is 1. The highest BCUT2D eigenvalue weighted by Crippen LogP contribution is 2.24. The standard InChI is InChI=1S/C14H26N2O6S2/c1-15(13-5-8-23(18,19)11-13)14(17)12-4-3-6-16(10-12)24(20,21)9-7-22-2/h12-13H,3-11H2,1-2H3. The van der Waals surface area contributed by atoms with E-state index in [0.29, 0.717) is 25.8 Å². The first-order valence-corrected chi connectivity index (χ1v) is 11.5. The van der Waals surface area contributed by atoms with E-state index in [1.54, 1.807) is 7.05 Å². The van der Waals surface area contributed by atoms with Crippen LogP contribution in [0.1, 0.15) is 19.3 Å². The predicted octanol–water partition coefficient (Wildman–Crippen LogP) is -0.680. The molecule has 0 aromatic heterocycles. The van der Waals surface area contributed by atoms with Crippen LogP contribution in [0.25, 0.3) is 0 Å². The first-order chi connectivity index (χ1) is 11.2. The van der Waals surface area contributed by atoms with Crippen LogP contribution < -0.4 is 0 Å². The summed E-state index contributed by atoms with van der Waals surface area (Å²) in [4.78, 5) is 14.2. The molecule has 8 nitrogen and oxygen atoms in total. The lowest BCUT2D eigenvalue weighted by Crippen LogP contribution is -2.49. The zero-order valence-electron chi connectivity index (χ0n) is 14.2. The minimum Gasteiger partial charge on any atom is -0.384 e. The highest BCUT2D eigenvalue weighted by Gasteiger charge is 2.38. The monoisotopic (exact) mass is 382 g/mol. The van der Waals surface area contributed by atoms with E-state index in [9.17, 15) is 21.6 Å². The summed E-state index contributed by atoms with van der Waals surface area (Å²) >= 11 is 0. The van der Waals surface area contributed by atoms with E-state index < -0.39 is 25.8 Å². The summed E-state index contributed by atoms with van der Waals surface area (Å²) in [6.07, 6.45) is 1.70. The largest absolute Gasteiger partial charge is 0.384 e. The summed E-state index contributed by atoms with van der Waals surface area (Å²) in [6, 6.07) is -0.303. The molecule has 2 saturated heterocycles. The summed E-state index contributed by atoms with van der Waals surface area (Å²) in [5.41, 5.74) is 0. The summed E-state index contributed by atoms with van der Waals surface area (Å²) in [5.74, 6) is -0.565. The van der Waals surface area contributed by atoms with Crippen molar-refractivity contribution in [2.75, 3.05) is 51.1 Å². The van der Waals surface area contributed by atoms with Crippen molar-refractivity contribution >= 4 is 25.8 Å². The molecule has 0 aromatic rings. The highest BCUT2D eigenvalue weighted by molar-refractivity contribution is 7.91. The normalized spacial score (nSPS) is 27.9. The molecule has 2 atom stereocenters. The summed E-state index contributed by atoms with van der Waals surface area (Å²) in [6.45, 7) is 0.698. The molecule has 0 saturated carbocycles. The molecule has 0 spiro atoms. The topological polar surface area (TPSA) is 101 Å². The molecular formula is C14H26N2O6S2. The SMILES string of the molecule is COCCS(=O)(=O)N1CCCC(C(=O)N(C)C2CCS(=O)(=O)C2)C1. The van der Waals surface area contributed by atoms with Crippen LogP contribution in [-0.4, -0.2) is 89.1 Å². The zero-order valence-corrected chi connectivity index (χ0v) is 15.8. The van der Waals surface area contributed by atoms with Crippen LogP contribution in [0.4, 0.5) is 0 Å². The van der Waals surface area contributed by atoms with E-state index in [4.69, 9.17) is 4.74 Å². The van der Waals surface area contributed by atoms with Gasteiger partial charge < -0.3 is 9.64 Å². The Hall–Kier alpha value is -0.710. The molecular weight excluding hydrogens is 356 g/mol. The maximum Gasteiger partial charge on any atom is 0.227 e. The molecule has 0 bridgehead atoms. The fraction of sp³-hybridized carbons (Fsp3) is 0.929. The molecule has 1 amide bonds. The van der Waals surface area contributed by atoms with E-state index in [2.05, 4.69) is 0 Å². The minimum absolute atomic E-state index is 0.00217. The fourth-order valence-corrected chi connectivity index (χ4v) is 6.49. The van der Waals surface area contributed by atoms with E-state index in [0.717, 1.165) is 0 Å². The van der Waals surface area contributed by atoms with Crippen molar-refractivity contribution in [3.05, 3.63) is 0 Å². The van der Waals surface area contributed by atoms with Gasteiger partial charge in [-0.1, -0.05) is 0 Å². The van der Waals surface area contributed by atoms with Gasteiger partial charge in [-0.25, -0.2) is 21.1 Å². The molecule has 2 fully saturated rings. The maximum atomic E-state index is 12.7. The van der Waals surface area contributed by atoms with Gasteiger partial charge in [0.25, 0.3) is 0 Å². The smallest absolute Gasteiger partial charge is 0.227 e. The maximum absolute atomic E-state index is 12.7. The summed E-state index contributed by atoms with van der Waals surface area (Å²) in [5, 5.41) is 0. The quantitative estimate of drug-likeness (QED) is 0.603. The second-order valence-electron chi connectivity index (χ2n) is 6.51. The highest BCUT2D eigenvalue weighted by atomic mass is 32.2. The van der Waals surface area contributed by atoms with Gasteiger partial charge in [-0.2, -0.15) is 0 Å². The molecule has 2 heterocycles. The number of sulfonamides is 1. The number of hydrogen-bond donors (Lipinski definition) is 0. The van der Waals surface area contributed by atoms with Gasteiger partial charge >= 0.3 is 0 Å². The number of nitrogens with zero attached hydrogens (tertiary/aromatic N) is 2. The van der Waals surface area contributed by atoms with E-state index in [1.807, 2.05) is 0 Å². The summed E-state index contributed by atoms with van der Waals surface area (Å²) < 4.78 is 53.9. The van der Waals surface area contributed by atoms with Crippen molar-refractivity contribution in [2.24, 2.45) is 5.92 Å². The lowest BCUT2D eigenvalue weighted by Gasteiger charge is -2.34. The molecule has 10 heteroatoms. The van der Waals surface area contributed by atoms with E-state index in [-0.39, 0.29) is 42.4 Å². The van der Waals surface area contributed by atoms with Crippen molar-refractivity contribution in [3.8, 4) is 0 Å². The zero-order chi connectivity index (χ0) is 18.0. The van der Waals surface area contributed by atoms with Gasteiger partial charge in [-0.3, -0.25) is 4.79 Å². The molecule has 140 valence electrons. The van der Waals surface area contributed by atoms with Crippen LogP contribution in [0.2, 0.25) is 0 Å². The lowest BCUT2D eigenvalue weighted by atomic mass is 9.97. The van der Waals surface area contributed by atoms with Crippen molar-refractivity contribution in [1.82, 2.24) is 9.21 Å². The van der Waals surface area contributed by atoms with Gasteiger partial charge in [0.15, 0.2) is 9.84 Å². The Morgan fingerprint density at radius 3 is 2.62 bits per heavy atom. The number of sulfone groups is 1. The number of piperidine rings is 1. The Morgan fingerprint density at radius 2 is 2.04 bits per heavy atom. The predicted molar refractivity (Wildman–Crippen MR) is 89.8 cm³/mol. The van der Waals surface area contributed by atoms with E-state index in [1.165, 1.54) is 16.3 Å². The van der Waals surface area contributed by atoms with Crippen LogP contribution in [0.15, 0.2) is 0 Å². The van der Waals surface area contributed by atoms with Gasteiger partial charge in [0, 0.05) is 33.3 Å². The molecule has 2 aliphatic rings. The molecule has 2 unspecified atom stereocenters. The molecule has 0 aliphatic carbocycles. The molecule has 0 radical (unpaired) electrons. The van der Waals surface area contributed by atoms with Crippen LogP contribution in [0.3, 0.4) is 0 Å². The minimum atomic E-state index is -3.43. The molecule has 24 heavy (non-hydrogen) atoms. The number of methoxy groups -OCH3 is 1. The lowest BCUT2D eigenvalue weighted by molar-refractivity contribution is -0.137. The third kappa shape index (κ3) is 4.68. The average Bonchev–Trinajstić information content (AvgIpc) is 2.91. The Morgan fingerprint density at radius 1 is 1.33 bits per heavy atom. The Kier molecular flexibility index (Phi) is 6.27. The molecule has 0 aromatic carbocycles. The number of carbonyl (C=O) groups excluding carboxylic acids is 1. The van der Waals surface area contributed by atoms with Gasteiger partial charge in [0.1, 0.15) is 0 Å². The Bertz CT molecular complexity index is 661. The second-order valence-corrected chi connectivity index (χ2v) is 10.8. The Balaban J connectivity index is 2.00. The Labute approximate surface area is 144 Å². The number of ether oxygens (including phenoxy) is 1. The van der Waals surface area contributed by atoms with Crippen molar-refractivity contribution < 1.29 is 26.4 Å². The van der Waals surface area contributed by atoms with Crippen LogP contribution in [0.5, 0.6) is 0 Å². The van der Waals surface area contributed by atoms with Gasteiger partial charge in [0.05, 0.1) is 29.8 Å². The third-order valence-electron chi connectivity index (χ3n) is 4.78. The molecule has 0 N–H and O–H groups in total. The van der Waals surface area contributed by atoms with Crippen molar-refractivity contribution in [3.63, 3.8) is 0 Å². The van der Waals surface area contributed by atoms with Crippen molar-refractivity contribution in [2.45, 2.75) is 25.3 Å². The molecule has 2 rings (SSSR count). The van der Waals surface area contributed by atoms with E-state index >= 15 is 0 Å². The van der Waals surface area contributed by atoms with Gasteiger partial charge in [-0.15, -0.1) is 0 Å². The summed E-state index contributed by atoms with van der Waals surface area (Å²) in [7, 11) is -3.43. The van der Waals surface area contributed by atoms with Crippen LogP contribution in [0, 0.1) is 5.92 Å². The third-order valence-corrected chi connectivity index (χ3v) is 8.33. The number of carbonyl (C=O) groups is 1. The second kappa shape index (κ2) is 7.67. The molecule has 2 aliphatic heterocycles. The number of rotatable bonds is 6. The fourth-order valence-electron chi connectivity index (χ4n) is 3.26.